The van der Waals surface area contributed by atoms with Gasteiger partial charge in [-0.05, 0) is 44.5 Å². The SMILES string of the molecule is Cc1cccc(C=NNC(=O)C(C)(C)Oc2cccc(F)c2)c1O. The van der Waals surface area contributed by atoms with Gasteiger partial charge in [-0.3, -0.25) is 4.79 Å². The minimum Gasteiger partial charge on any atom is -0.507 e. The maximum atomic E-state index is 13.2. The summed E-state index contributed by atoms with van der Waals surface area (Å²) >= 11 is 0. The van der Waals surface area contributed by atoms with Crippen molar-refractivity contribution in [3.05, 3.63) is 59.4 Å². The van der Waals surface area contributed by atoms with Crippen molar-refractivity contribution < 1.29 is 19.0 Å². The number of halogens is 1. The quantitative estimate of drug-likeness (QED) is 0.653. The molecular formula is C18H19FN2O3. The molecule has 0 aliphatic rings. The third-order valence-electron chi connectivity index (χ3n) is 3.35. The van der Waals surface area contributed by atoms with E-state index in [1.54, 1.807) is 45.0 Å². The number of carbonyl (C=O) groups excluding carboxylic acids is 1. The molecule has 2 N–H and O–H groups in total. The molecule has 6 heteroatoms. The lowest BCUT2D eigenvalue weighted by atomic mass is 10.1. The van der Waals surface area contributed by atoms with Crippen LogP contribution in [0.25, 0.3) is 0 Å². The minimum atomic E-state index is -1.25. The predicted molar refractivity (Wildman–Crippen MR) is 89.7 cm³/mol. The highest BCUT2D eigenvalue weighted by Gasteiger charge is 2.30. The van der Waals surface area contributed by atoms with E-state index in [-0.39, 0.29) is 11.5 Å². The number of benzene rings is 2. The van der Waals surface area contributed by atoms with Crippen LogP contribution in [0.1, 0.15) is 25.0 Å². The summed E-state index contributed by atoms with van der Waals surface area (Å²) in [6.07, 6.45) is 1.35. The van der Waals surface area contributed by atoms with Crippen molar-refractivity contribution in [1.29, 1.82) is 0 Å². The van der Waals surface area contributed by atoms with Crippen LogP contribution in [-0.2, 0) is 4.79 Å². The third kappa shape index (κ3) is 4.32. The summed E-state index contributed by atoms with van der Waals surface area (Å²) in [7, 11) is 0. The van der Waals surface area contributed by atoms with Crippen LogP contribution in [-0.4, -0.2) is 22.8 Å². The van der Waals surface area contributed by atoms with Crippen molar-refractivity contribution in [1.82, 2.24) is 5.43 Å². The fourth-order valence-corrected chi connectivity index (χ4v) is 1.95. The number of hydrazone groups is 1. The van der Waals surface area contributed by atoms with Gasteiger partial charge in [0.25, 0.3) is 5.91 Å². The van der Waals surface area contributed by atoms with Crippen LogP contribution in [0.15, 0.2) is 47.6 Å². The molecule has 0 aliphatic heterocycles. The van der Waals surface area contributed by atoms with Gasteiger partial charge < -0.3 is 9.84 Å². The monoisotopic (exact) mass is 330 g/mol. The number of hydrogen-bond acceptors (Lipinski definition) is 4. The van der Waals surface area contributed by atoms with Crippen molar-refractivity contribution >= 4 is 12.1 Å². The van der Waals surface area contributed by atoms with Crippen LogP contribution >= 0.6 is 0 Å². The lowest BCUT2D eigenvalue weighted by Crippen LogP contribution is -2.44. The number of phenols is 1. The van der Waals surface area contributed by atoms with Gasteiger partial charge in [-0.2, -0.15) is 5.10 Å². The Labute approximate surface area is 139 Å². The fourth-order valence-electron chi connectivity index (χ4n) is 1.95. The van der Waals surface area contributed by atoms with Gasteiger partial charge in [-0.15, -0.1) is 0 Å². The average molecular weight is 330 g/mol. The van der Waals surface area contributed by atoms with Gasteiger partial charge in [0.2, 0.25) is 0 Å². The number of aromatic hydroxyl groups is 1. The first-order valence-corrected chi connectivity index (χ1v) is 7.36. The highest BCUT2D eigenvalue weighted by atomic mass is 19.1. The topological polar surface area (TPSA) is 70.9 Å². The van der Waals surface area contributed by atoms with Gasteiger partial charge >= 0.3 is 0 Å². The molecule has 1 amide bonds. The Hall–Kier alpha value is -2.89. The zero-order valence-electron chi connectivity index (χ0n) is 13.7. The van der Waals surface area contributed by atoms with Gasteiger partial charge in [-0.25, -0.2) is 9.82 Å². The molecule has 0 aromatic heterocycles. The number of nitrogens with one attached hydrogen (secondary N) is 1. The highest BCUT2D eigenvalue weighted by Crippen LogP contribution is 2.20. The number of ether oxygens (including phenoxy) is 1. The van der Waals surface area contributed by atoms with Crippen LogP contribution in [0.3, 0.4) is 0 Å². The molecule has 0 aliphatic carbocycles. The molecular weight excluding hydrogens is 311 g/mol. The molecule has 0 radical (unpaired) electrons. The van der Waals surface area contributed by atoms with Crippen molar-refractivity contribution in [2.24, 2.45) is 5.10 Å². The normalized spacial score (nSPS) is 11.5. The molecule has 24 heavy (non-hydrogen) atoms. The van der Waals surface area contributed by atoms with Gasteiger partial charge in [0.1, 0.15) is 17.3 Å². The first-order chi connectivity index (χ1) is 11.3. The Morgan fingerprint density at radius 3 is 2.71 bits per heavy atom. The molecule has 0 heterocycles. The minimum absolute atomic E-state index is 0.103. The Morgan fingerprint density at radius 1 is 1.29 bits per heavy atom. The maximum Gasteiger partial charge on any atom is 0.283 e. The van der Waals surface area contributed by atoms with Crippen LogP contribution < -0.4 is 10.2 Å². The van der Waals surface area contributed by atoms with Gasteiger partial charge in [-0.1, -0.05) is 18.2 Å². The first kappa shape index (κ1) is 17.5. The molecule has 126 valence electrons. The van der Waals surface area contributed by atoms with Crippen molar-refractivity contribution in [3.8, 4) is 11.5 Å². The molecule has 2 aromatic carbocycles. The van der Waals surface area contributed by atoms with E-state index in [9.17, 15) is 14.3 Å². The first-order valence-electron chi connectivity index (χ1n) is 7.36. The number of nitrogens with zero attached hydrogens (tertiary/aromatic N) is 1. The zero-order chi connectivity index (χ0) is 17.7. The lowest BCUT2D eigenvalue weighted by molar-refractivity contribution is -0.134. The number of hydrogen-bond donors (Lipinski definition) is 2. The van der Waals surface area contributed by atoms with Crippen LogP contribution in [0, 0.1) is 12.7 Å². The number of phenolic OH excluding ortho intramolecular Hbond substituents is 1. The van der Waals surface area contributed by atoms with E-state index in [0.29, 0.717) is 11.1 Å². The average Bonchev–Trinajstić information content (AvgIpc) is 2.51. The van der Waals surface area contributed by atoms with E-state index >= 15 is 0 Å². The molecule has 2 rings (SSSR count). The zero-order valence-corrected chi connectivity index (χ0v) is 13.7. The molecule has 0 fully saturated rings. The summed E-state index contributed by atoms with van der Waals surface area (Å²) in [5.74, 6) is -0.604. The Bertz CT molecular complexity index is 773. The van der Waals surface area contributed by atoms with Crippen molar-refractivity contribution in [2.45, 2.75) is 26.4 Å². The van der Waals surface area contributed by atoms with E-state index < -0.39 is 17.3 Å². The molecule has 0 spiro atoms. The van der Waals surface area contributed by atoms with Gasteiger partial charge in [0, 0.05) is 11.6 Å². The van der Waals surface area contributed by atoms with Gasteiger partial charge in [0.15, 0.2) is 5.60 Å². The van der Waals surface area contributed by atoms with E-state index in [2.05, 4.69) is 10.5 Å². The number of aryl methyl sites for hydroxylation is 1. The summed E-state index contributed by atoms with van der Waals surface area (Å²) in [5.41, 5.74) is 2.30. The number of para-hydroxylation sites is 1. The van der Waals surface area contributed by atoms with E-state index in [1.807, 2.05) is 0 Å². The van der Waals surface area contributed by atoms with Crippen molar-refractivity contribution in [3.63, 3.8) is 0 Å². The fraction of sp³-hybridized carbons (Fsp3) is 0.222. The molecule has 0 saturated heterocycles. The van der Waals surface area contributed by atoms with Crippen LogP contribution in [0.5, 0.6) is 11.5 Å². The number of amides is 1. The van der Waals surface area contributed by atoms with Crippen LogP contribution in [0.2, 0.25) is 0 Å². The summed E-state index contributed by atoms with van der Waals surface area (Å²) in [4.78, 5) is 12.2. The smallest absolute Gasteiger partial charge is 0.283 e. The summed E-state index contributed by atoms with van der Waals surface area (Å²) in [6, 6.07) is 10.8. The maximum absolute atomic E-state index is 13.2. The van der Waals surface area contributed by atoms with Crippen molar-refractivity contribution in [2.75, 3.05) is 0 Å². The Balaban J connectivity index is 2.02. The number of carbonyl (C=O) groups is 1. The summed E-state index contributed by atoms with van der Waals surface area (Å²) < 4.78 is 18.7. The van der Waals surface area contributed by atoms with E-state index in [4.69, 9.17) is 4.74 Å². The van der Waals surface area contributed by atoms with Crippen LogP contribution in [0.4, 0.5) is 4.39 Å². The Morgan fingerprint density at radius 2 is 2.00 bits per heavy atom. The molecule has 5 nitrogen and oxygen atoms in total. The van der Waals surface area contributed by atoms with Gasteiger partial charge in [0.05, 0.1) is 6.21 Å². The number of rotatable bonds is 5. The second-order valence-electron chi connectivity index (χ2n) is 5.78. The standard InChI is InChI=1S/C18H19FN2O3/c1-12-6-4-7-13(16(12)22)11-20-21-17(23)18(2,3)24-15-9-5-8-14(19)10-15/h4-11,22H,1-3H3,(H,21,23). The highest BCUT2D eigenvalue weighted by molar-refractivity contribution is 5.88. The molecule has 0 bridgehead atoms. The molecule has 2 aromatic rings. The largest absolute Gasteiger partial charge is 0.507 e. The van der Waals surface area contributed by atoms with E-state index in [1.165, 1.54) is 24.4 Å². The lowest BCUT2D eigenvalue weighted by Gasteiger charge is -2.24. The second-order valence-corrected chi connectivity index (χ2v) is 5.78. The molecule has 0 atom stereocenters. The van der Waals surface area contributed by atoms with E-state index in [0.717, 1.165) is 0 Å². The molecule has 0 saturated carbocycles. The predicted octanol–water partition coefficient (Wildman–Crippen LogP) is 3.15. The third-order valence-corrected chi connectivity index (χ3v) is 3.35. The molecule has 0 unspecified atom stereocenters. The second kappa shape index (κ2) is 7.12. The Kier molecular flexibility index (Phi) is 5.18. The summed E-state index contributed by atoms with van der Waals surface area (Å²) in [5, 5.41) is 13.7. The summed E-state index contributed by atoms with van der Waals surface area (Å²) in [6.45, 7) is 4.86.